The van der Waals surface area contributed by atoms with Crippen LogP contribution in [0.25, 0.3) is 0 Å². The van der Waals surface area contributed by atoms with Crippen LogP contribution in [0, 0.1) is 0 Å². The lowest BCUT2D eigenvalue weighted by molar-refractivity contribution is -0.145. The number of nitrogens with one attached hydrogen (secondary N) is 2. The molecule has 1 fully saturated rings. The fourth-order valence-corrected chi connectivity index (χ4v) is 8.06. The molecule has 8 N–H and O–H groups in total. The number of aliphatic carboxylic acids is 4. The Labute approximate surface area is 387 Å². The standard InChI is InChI=1S/C42H62N9O15P/c52-37(10-9-36(42(59)60)50-18-16-48(29-39(55)56)14-12-47(28-38(53)54)13-15-49(17-19-50)30-40(57)58)43-11-21-64-23-24-65-22-20-51-27-34(45-46-51)31-66-35-8-4-5-32(25-35)26-44-41(67(61,62)63)33-6-2-1-3-7-33/h1-8,25,27,36,41,44H,9-24,26,28-31H2,(H,43,52)(H,53,54)(H,55,56)(H,57,58)(H,59,60)(H2,61,62,63). The molecule has 4 rings (SSSR count). The van der Waals surface area contributed by atoms with Crippen molar-refractivity contribution in [2.45, 2.75) is 44.4 Å². The van der Waals surface area contributed by atoms with E-state index in [-0.39, 0.29) is 124 Å². The van der Waals surface area contributed by atoms with Crippen molar-refractivity contribution in [2.24, 2.45) is 0 Å². The molecule has 2 heterocycles. The summed E-state index contributed by atoms with van der Waals surface area (Å²) in [6, 6.07) is 14.5. The molecule has 1 saturated heterocycles. The summed E-state index contributed by atoms with van der Waals surface area (Å²) >= 11 is 0. The Hall–Kier alpha value is -5.40. The molecule has 2 aromatic carbocycles. The zero-order chi connectivity index (χ0) is 48.6. The molecule has 67 heavy (non-hydrogen) atoms. The van der Waals surface area contributed by atoms with Crippen molar-refractivity contribution in [1.29, 1.82) is 0 Å². The van der Waals surface area contributed by atoms with Crippen LogP contribution < -0.4 is 15.4 Å². The number of carbonyl (C=O) groups is 5. The Morgan fingerprint density at radius 1 is 0.731 bits per heavy atom. The first-order valence-electron chi connectivity index (χ1n) is 21.7. The van der Waals surface area contributed by atoms with Crippen molar-refractivity contribution >= 4 is 37.4 Å². The summed E-state index contributed by atoms with van der Waals surface area (Å²) in [5, 5.41) is 52.4. The first kappa shape index (κ1) is 54.2. The van der Waals surface area contributed by atoms with E-state index in [0.717, 1.165) is 5.56 Å². The van der Waals surface area contributed by atoms with Crippen LogP contribution in [0.1, 0.15) is 35.4 Å². The lowest BCUT2D eigenvalue weighted by Crippen LogP contribution is -2.52. The Morgan fingerprint density at radius 2 is 1.31 bits per heavy atom. The van der Waals surface area contributed by atoms with E-state index in [1.807, 2.05) is 6.07 Å². The monoisotopic (exact) mass is 963 g/mol. The van der Waals surface area contributed by atoms with E-state index in [9.17, 15) is 58.8 Å². The van der Waals surface area contributed by atoms with Gasteiger partial charge in [0, 0.05) is 71.9 Å². The number of ether oxygens (including phenoxy) is 3. The molecule has 2 atom stereocenters. The molecule has 24 nitrogen and oxygen atoms in total. The minimum atomic E-state index is -4.47. The van der Waals surface area contributed by atoms with Gasteiger partial charge in [-0.05, 0) is 29.7 Å². The third-order valence-electron chi connectivity index (χ3n) is 10.5. The number of nitrogens with zero attached hydrogens (tertiary/aromatic N) is 7. The number of rotatable bonds is 28. The average Bonchev–Trinajstić information content (AvgIpc) is 3.72. The van der Waals surface area contributed by atoms with Crippen molar-refractivity contribution < 1.29 is 73.0 Å². The summed E-state index contributed by atoms with van der Waals surface area (Å²) in [6.07, 6.45) is 1.54. The highest BCUT2D eigenvalue weighted by atomic mass is 31.2. The number of carboxylic acids is 4. The van der Waals surface area contributed by atoms with Gasteiger partial charge in [0.2, 0.25) is 5.91 Å². The molecule has 2 unspecified atom stereocenters. The lowest BCUT2D eigenvalue weighted by Gasteiger charge is -2.35. The Balaban J connectivity index is 1.12. The molecule has 0 spiro atoms. The van der Waals surface area contributed by atoms with Crippen molar-refractivity contribution in [3.8, 4) is 5.75 Å². The lowest BCUT2D eigenvalue weighted by atomic mass is 10.1. The largest absolute Gasteiger partial charge is 0.487 e. The van der Waals surface area contributed by atoms with Gasteiger partial charge in [-0.2, -0.15) is 0 Å². The van der Waals surface area contributed by atoms with E-state index < -0.39 is 49.2 Å². The van der Waals surface area contributed by atoms with E-state index in [1.165, 1.54) is 0 Å². The molecule has 3 aromatic rings. The van der Waals surface area contributed by atoms with E-state index in [1.54, 1.807) is 79.0 Å². The molecule has 1 aliphatic heterocycles. The second-order valence-corrected chi connectivity index (χ2v) is 17.4. The molecule has 1 aromatic heterocycles. The maximum Gasteiger partial charge on any atom is 0.346 e. The van der Waals surface area contributed by atoms with Crippen LogP contribution in [-0.4, -0.2) is 206 Å². The summed E-state index contributed by atoms with van der Waals surface area (Å²) < 4.78 is 30.8. The second-order valence-electron chi connectivity index (χ2n) is 15.7. The molecule has 370 valence electrons. The van der Waals surface area contributed by atoms with E-state index in [0.29, 0.717) is 30.2 Å². The van der Waals surface area contributed by atoms with Crippen LogP contribution in [0.3, 0.4) is 0 Å². The predicted octanol–water partition coefficient (Wildman–Crippen LogP) is -0.319. The minimum absolute atomic E-state index is 0.0613. The quantitative estimate of drug-likeness (QED) is 0.0342. The Kier molecular flexibility index (Phi) is 23.2. The maximum atomic E-state index is 12.7. The van der Waals surface area contributed by atoms with Gasteiger partial charge in [0.25, 0.3) is 0 Å². The van der Waals surface area contributed by atoms with Gasteiger partial charge >= 0.3 is 31.5 Å². The topological polar surface area (TPSA) is 319 Å². The Bertz CT molecular complexity index is 2030. The summed E-state index contributed by atoms with van der Waals surface area (Å²) in [4.78, 5) is 86.1. The summed E-state index contributed by atoms with van der Waals surface area (Å²) in [5.41, 5.74) is 1.83. The summed E-state index contributed by atoms with van der Waals surface area (Å²) in [7, 11) is -4.47. The molecule has 1 amide bonds. The minimum Gasteiger partial charge on any atom is -0.487 e. The van der Waals surface area contributed by atoms with Gasteiger partial charge in [-0.3, -0.25) is 53.5 Å². The zero-order valence-electron chi connectivity index (χ0n) is 37.2. The molecule has 0 aliphatic carbocycles. The highest BCUT2D eigenvalue weighted by Crippen LogP contribution is 2.50. The summed E-state index contributed by atoms with van der Waals surface area (Å²) in [6.45, 7) is 2.22. The van der Waals surface area contributed by atoms with Gasteiger partial charge in [-0.1, -0.05) is 47.7 Å². The predicted molar refractivity (Wildman–Crippen MR) is 238 cm³/mol. The molecular weight excluding hydrogens is 901 g/mol. The first-order valence-corrected chi connectivity index (χ1v) is 23.4. The highest BCUT2D eigenvalue weighted by molar-refractivity contribution is 7.52. The number of carboxylic acid groups (broad SMARTS) is 4. The summed E-state index contributed by atoms with van der Waals surface area (Å²) in [5.74, 6) is -5.46. The van der Waals surface area contributed by atoms with Crippen LogP contribution in [0.5, 0.6) is 5.75 Å². The van der Waals surface area contributed by atoms with Crippen molar-refractivity contribution in [2.75, 3.05) is 105 Å². The van der Waals surface area contributed by atoms with Gasteiger partial charge in [0.1, 0.15) is 29.9 Å². The highest BCUT2D eigenvalue weighted by Gasteiger charge is 2.30. The number of benzene rings is 2. The van der Waals surface area contributed by atoms with Crippen LogP contribution in [0.4, 0.5) is 0 Å². The van der Waals surface area contributed by atoms with Crippen molar-refractivity contribution in [3.05, 3.63) is 77.6 Å². The smallest absolute Gasteiger partial charge is 0.346 e. The van der Waals surface area contributed by atoms with Crippen LogP contribution in [0.2, 0.25) is 0 Å². The number of carbonyl (C=O) groups excluding carboxylic acids is 1. The van der Waals surface area contributed by atoms with Crippen LogP contribution >= 0.6 is 7.60 Å². The number of amides is 1. The maximum absolute atomic E-state index is 12.7. The third-order valence-corrected chi connectivity index (χ3v) is 11.7. The third kappa shape index (κ3) is 21.4. The van der Waals surface area contributed by atoms with Gasteiger partial charge in [0.15, 0.2) is 0 Å². The molecule has 25 heteroatoms. The van der Waals surface area contributed by atoms with Gasteiger partial charge < -0.3 is 49.7 Å². The first-order chi connectivity index (χ1) is 32.0. The van der Waals surface area contributed by atoms with E-state index in [4.69, 9.17) is 14.2 Å². The molecule has 0 radical (unpaired) electrons. The zero-order valence-corrected chi connectivity index (χ0v) is 38.1. The van der Waals surface area contributed by atoms with Crippen LogP contribution in [0.15, 0.2) is 60.8 Å². The molecule has 0 saturated carbocycles. The van der Waals surface area contributed by atoms with Crippen LogP contribution in [-0.2, 0) is 57.7 Å². The van der Waals surface area contributed by atoms with E-state index >= 15 is 0 Å². The second kappa shape index (κ2) is 28.7. The Morgan fingerprint density at radius 3 is 1.88 bits per heavy atom. The fourth-order valence-electron chi connectivity index (χ4n) is 7.17. The molecule has 1 aliphatic rings. The fraction of sp³-hybridized carbons (Fsp3) is 0.548. The number of hydrogen-bond acceptors (Lipinski definition) is 16. The average molecular weight is 964 g/mol. The van der Waals surface area contributed by atoms with Gasteiger partial charge in [-0.25, -0.2) is 4.68 Å². The number of hydrogen-bond donors (Lipinski definition) is 8. The van der Waals surface area contributed by atoms with Gasteiger partial charge in [0.05, 0.1) is 58.8 Å². The molecule has 0 bridgehead atoms. The van der Waals surface area contributed by atoms with Crippen molar-refractivity contribution in [3.63, 3.8) is 0 Å². The van der Waals surface area contributed by atoms with E-state index in [2.05, 4.69) is 20.9 Å². The van der Waals surface area contributed by atoms with Gasteiger partial charge in [-0.15, -0.1) is 5.10 Å². The SMILES string of the molecule is O=C(O)CN1CCN(CC(=O)O)CCN(C(CCC(=O)NCCOCCOCCn2cc(COc3cccc(CNC(c4ccccc4)P(=O)(O)O)c3)nn2)C(=O)O)CCN(CC(=O)O)CC1. The molecular formula is C42H62N9O15P. The number of aromatic nitrogens is 3. The normalized spacial score (nSPS) is 16.0. The van der Waals surface area contributed by atoms with Crippen molar-refractivity contribution in [1.82, 2.24) is 45.2 Å².